The average Bonchev–Trinajstić information content (AvgIpc) is 1.85. The van der Waals surface area contributed by atoms with E-state index in [0.717, 1.165) is 0 Å². The van der Waals surface area contributed by atoms with E-state index in [2.05, 4.69) is 24.7 Å². The van der Waals surface area contributed by atoms with Crippen LogP contribution in [0.2, 0.25) is 0 Å². The van der Waals surface area contributed by atoms with E-state index in [-0.39, 0.29) is 6.42 Å². The third-order valence-corrected chi connectivity index (χ3v) is 1.25. The Kier molecular flexibility index (Phi) is 5.06. The van der Waals surface area contributed by atoms with Gasteiger partial charge in [-0.25, -0.2) is 0 Å². The van der Waals surface area contributed by atoms with Crippen molar-refractivity contribution in [2.75, 3.05) is 0 Å². The highest BCUT2D eigenvalue weighted by Crippen LogP contribution is 2.23. The molecule has 0 atom stereocenters. The molecule has 0 aliphatic carbocycles. The molecular formula is C8H5Cl2F2. The largest absolute Gasteiger partial charge is 0.298 e. The molecule has 0 unspecified atom stereocenters. The Morgan fingerprint density at radius 2 is 2.00 bits per heavy atom. The molecule has 0 fully saturated rings. The zero-order valence-corrected chi connectivity index (χ0v) is 7.52. The van der Waals surface area contributed by atoms with E-state index in [1.54, 1.807) is 5.92 Å². The minimum atomic E-state index is -2.66. The molecule has 0 rings (SSSR count). The van der Waals surface area contributed by atoms with Crippen molar-refractivity contribution >= 4 is 23.2 Å². The van der Waals surface area contributed by atoms with E-state index in [9.17, 15) is 8.78 Å². The predicted molar refractivity (Wildman–Crippen MR) is 46.0 cm³/mol. The first-order valence-electron chi connectivity index (χ1n) is 2.91. The van der Waals surface area contributed by atoms with Gasteiger partial charge in [-0.05, 0) is 5.92 Å². The summed E-state index contributed by atoms with van der Waals surface area (Å²) >= 11 is 11.0. The quantitative estimate of drug-likeness (QED) is 0.461. The molecule has 0 bridgehead atoms. The Hall–Kier alpha value is -0.440. The Bertz CT molecular complexity index is 250. The van der Waals surface area contributed by atoms with Gasteiger partial charge < -0.3 is 0 Å². The van der Waals surface area contributed by atoms with Crippen LogP contribution < -0.4 is 0 Å². The molecule has 0 spiro atoms. The smallest absolute Gasteiger partial charge is 0.196 e. The molecule has 0 aliphatic rings. The van der Waals surface area contributed by atoms with Crippen molar-refractivity contribution < 1.29 is 8.78 Å². The van der Waals surface area contributed by atoms with Gasteiger partial charge in [0.1, 0.15) is 0 Å². The molecule has 0 amide bonds. The van der Waals surface area contributed by atoms with Crippen LogP contribution in [0.4, 0.5) is 8.78 Å². The lowest BCUT2D eigenvalue weighted by Crippen LogP contribution is -2.07. The lowest BCUT2D eigenvalue weighted by atomic mass is 10.3. The molecule has 0 saturated heterocycles. The summed E-state index contributed by atoms with van der Waals surface area (Å²) in [6.07, 6.45) is -2.79. The van der Waals surface area contributed by atoms with Gasteiger partial charge in [0.15, 0.2) is 4.33 Å². The van der Waals surface area contributed by atoms with Crippen LogP contribution in [0.15, 0.2) is 0 Å². The Morgan fingerprint density at radius 3 is 2.42 bits per heavy atom. The second kappa shape index (κ2) is 5.25. The number of hydrogen-bond donors (Lipinski definition) is 0. The second-order valence-electron chi connectivity index (χ2n) is 1.80. The molecule has 0 N–H and O–H groups in total. The van der Waals surface area contributed by atoms with Gasteiger partial charge in [0, 0.05) is 6.92 Å². The van der Waals surface area contributed by atoms with Gasteiger partial charge in [-0.1, -0.05) is 41.0 Å². The zero-order valence-electron chi connectivity index (χ0n) is 6.00. The van der Waals surface area contributed by atoms with Crippen molar-refractivity contribution in [1.29, 1.82) is 0 Å². The van der Waals surface area contributed by atoms with Crippen molar-refractivity contribution in [1.82, 2.24) is 0 Å². The molecule has 4 heteroatoms. The maximum atomic E-state index is 11.5. The topological polar surface area (TPSA) is 0 Å². The highest BCUT2D eigenvalue weighted by molar-refractivity contribution is 6.50. The number of halogens is 4. The molecule has 0 aromatic rings. The van der Waals surface area contributed by atoms with Gasteiger partial charge in [0.25, 0.3) is 6.43 Å². The fourth-order valence-corrected chi connectivity index (χ4v) is 0.680. The first kappa shape index (κ1) is 11.6. The van der Waals surface area contributed by atoms with Gasteiger partial charge >= 0.3 is 0 Å². The first-order chi connectivity index (χ1) is 5.48. The lowest BCUT2D eigenvalue weighted by molar-refractivity contribution is 0.215. The summed E-state index contributed by atoms with van der Waals surface area (Å²) in [5, 5.41) is 0. The Morgan fingerprint density at radius 1 is 1.42 bits per heavy atom. The van der Waals surface area contributed by atoms with Crippen LogP contribution in [0.1, 0.15) is 6.42 Å². The minimum Gasteiger partial charge on any atom is -0.196 e. The van der Waals surface area contributed by atoms with E-state index in [1.807, 2.05) is 0 Å². The van der Waals surface area contributed by atoms with Crippen LogP contribution >= 0.6 is 23.2 Å². The summed E-state index contributed by atoms with van der Waals surface area (Å²) in [6, 6.07) is 0. The maximum Gasteiger partial charge on any atom is 0.298 e. The van der Waals surface area contributed by atoms with Crippen molar-refractivity contribution in [2.45, 2.75) is 17.2 Å². The Labute approximate surface area is 80.2 Å². The van der Waals surface area contributed by atoms with E-state index >= 15 is 0 Å². The van der Waals surface area contributed by atoms with Crippen LogP contribution in [0.25, 0.3) is 0 Å². The summed E-state index contributed by atoms with van der Waals surface area (Å²) in [4.78, 5) is 0. The lowest BCUT2D eigenvalue weighted by Gasteiger charge is -2.05. The third kappa shape index (κ3) is 6.28. The predicted octanol–water partition coefficient (Wildman–Crippen LogP) is 2.66. The first-order valence-corrected chi connectivity index (χ1v) is 3.67. The standard InChI is InChI=1S/C8H5Cl2F2/c1-2-5-8(9,10)6-3-4-7(11)12/h7H,1,6H2. The number of hydrogen-bond acceptors (Lipinski definition) is 0. The monoisotopic (exact) mass is 209 g/mol. The van der Waals surface area contributed by atoms with Crippen LogP contribution in [-0.4, -0.2) is 10.8 Å². The summed E-state index contributed by atoms with van der Waals surface area (Å²) < 4.78 is 21.6. The maximum absolute atomic E-state index is 11.5. The molecular weight excluding hydrogens is 205 g/mol. The summed E-state index contributed by atoms with van der Waals surface area (Å²) in [7, 11) is 0. The van der Waals surface area contributed by atoms with E-state index in [0.29, 0.717) is 0 Å². The second-order valence-corrected chi connectivity index (χ2v) is 3.29. The molecule has 0 heterocycles. The molecule has 1 radical (unpaired) electrons. The number of rotatable bonds is 1. The van der Waals surface area contributed by atoms with Gasteiger partial charge in [0.05, 0.1) is 6.42 Å². The minimum absolute atomic E-state index is 0.122. The Balaban J connectivity index is 4.08. The molecule has 12 heavy (non-hydrogen) atoms. The summed E-state index contributed by atoms with van der Waals surface area (Å²) in [5.41, 5.74) is 0. The van der Waals surface area contributed by atoms with Gasteiger partial charge in [-0.2, -0.15) is 8.78 Å². The van der Waals surface area contributed by atoms with Crippen molar-refractivity contribution in [2.24, 2.45) is 0 Å². The molecule has 0 saturated carbocycles. The summed E-state index contributed by atoms with van der Waals surface area (Å²) in [6.45, 7) is 3.19. The molecule has 0 aromatic carbocycles. The highest BCUT2D eigenvalue weighted by Gasteiger charge is 2.18. The van der Waals surface area contributed by atoms with Crippen LogP contribution in [-0.2, 0) is 0 Å². The molecule has 0 aromatic heterocycles. The fraction of sp³-hybridized carbons (Fsp3) is 0.375. The molecule has 0 nitrogen and oxygen atoms in total. The highest BCUT2D eigenvalue weighted by atomic mass is 35.5. The van der Waals surface area contributed by atoms with E-state index in [1.165, 1.54) is 0 Å². The van der Waals surface area contributed by atoms with Crippen molar-refractivity contribution in [3.05, 3.63) is 6.92 Å². The molecule has 65 valence electrons. The van der Waals surface area contributed by atoms with Gasteiger partial charge in [-0.3, -0.25) is 0 Å². The van der Waals surface area contributed by atoms with E-state index in [4.69, 9.17) is 23.2 Å². The normalized spacial score (nSPS) is 9.83. The van der Waals surface area contributed by atoms with E-state index < -0.39 is 10.8 Å². The van der Waals surface area contributed by atoms with Gasteiger partial charge in [0.2, 0.25) is 0 Å². The van der Waals surface area contributed by atoms with Crippen molar-refractivity contribution in [3.63, 3.8) is 0 Å². The SMILES string of the molecule is [CH2]C#CC(Cl)(Cl)CC#CC(F)F. The average molecular weight is 210 g/mol. The van der Waals surface area contributed by atoms with Gasteiger partial charge in [-0.15, -0.1) is 0 Å². The summed E-state index contributed by atoms with van der Waals surface area (Å²) in [5.74, 6) is 8.28. The third-order valence-electron chi connectivity index (χ3n) is 0.793. The van der Waals surface area contributed by atoms with Crippen LogP contribution in [0.3, 0.4) is 0 Å². The van der Waals surface area contributed by atoms with Crippen LogP contribution in [0.5, 0.6) is 0 Å². The van der Waals surface area contributed by atoms with Crippen LogP contribution in [0, 0.1) is 30.6 Å². The number of alkyl halides is 4. The fourth-order valence-electron chi connectivity index (χ4n) is 0.413. The van der Waals surface area contributed by atoms with Crippen molar-refractivity contribution in [3.8, 4) is 23.7 Å². The zero-order chi connectivity index (χ0) is 9.61. The molecule has 0 aliphatic heterocycles.